The largest absolute Gasteiger partial charge is 0.357 e. The molecule has 0 spiro atoms. The maximum Gasteiger partial charge on any atom is 0.215 e. The van der Waals surface area contributed by atoms with Crippen molar-refractivity contribution in [1.29, 1.82) is 0 Å². The Hall–Kier alpha value is -0.470. The molecule has 2 N–H and O–H groups in total. The van der Waals surface area contributed by atoms with Crippen LogP contribution in [0.15, 0.2) is 4.99 Å². The first-order valence-corrected chi connectivity index (χ1v) is 12.3. The van der Waals surface area contributed by atoms with E-state index in [1.54, 1.807) is 0 Å². The van der Waals surface area contributed by atoms with Crippen LogP contribution in [0, 0.1) is 0 Å². The van der Waals surface area contributed by atoms with E-state index in [1.807, 2.05) is 32.5 Å². The molecule has 1 aliphatic carbocycles. The standard InChI is InChI=1S/C17H36N4O2S2/c1-5-18-17(19-12-13-25(22,23)21(6-2)7-3)20-15-10-9-11-16(14-15)24-8-4/h15-16H,5-14H2,1-4H3,(H2,18,19,20). The van der Waals surface area contributed by atoms with Gasteiger partial charge in [0.1, 0.15) is 0 Å². The summed E-state index contributed by atoms with van der Waals surface area (Å²) in [6, 6.07) is 0.426. The first-order chi connectivity index (χ1) is 12.0. The van der Waals surface area contributed by atoms with Gasteiger partial charge in [0.05, 0.1) is 12.3 Å². The summed E-state index contributed by atoms with van der Waals surface area (Å²) >= 11 is 2.04. The van der Waals surface area contributed by atoms with Gasteiger partial charge in [-0.15, -0.1) is 0 Å². The molecule has 0 aromatic rings. The number of nitrogens with zero attached hydrogens (tertiary/aromatic N) is 2. The van der Waals surface area contributed by atoms with E-state index in [4.69, 9.17) is 0 Å². The van der Waals surface area contributed by atoms with Crippen molar-refractivity contribution in [2.24, 2.45) is 4.99 Å². The van der Waals surface area contributed by atoms with Crippen molar-refractivity contribution in [2.45, 2.75) is 64.7 Å². The van der Waals surface area contributed by atoms with Gasteiger partial charge < -0.3 is 10.6 Å². The molecular weight excluding hydrogens is 356 g/mol. The molecule has 0 bridgehead atoms. The van der Waals surface area contributed by atoms with Gasteiger partial charge in [-0.2, -0.15) is 11.8 Å². The molecule has 1 aliphatic rings. The van der Waals surface area contributed by atoms with Gasteiger partial charge in [-0.1, -0.05) is 27.2 Å². The van der Waals surface area contributed by atoms with Crippen molar-refractivity contribution in [3.05, 3.63) is 0 Å². The van der Waals surface area contributed by atoms with Crippen LogP contribution < -0.4 is 10.6 Å². The smallest absolute Gasteiger partial charge is 0.215 e. The van der Waals surface area contributed by atoms with Crippen molar-refractivity contribution in [2.75, 3.05) is 37.7 Å². The Bertz CT molecular complexity index is 491. The monoisotopic (exact) mass is 392 g/mol. The van der Waals surface area contributed by atoms with Crippen LogP contribution >= 0.6 is 11.8 Å². The van der Waals surface area contributed by atoms with Gasteiger partial charge in [0.2, 0.25) is 10.0 Å². The first-order valence-electron chi connectivity index (χ1n) is 9.60. The fraction of sp³-hybridized carbons (Fsp3) is 0.941. The predicted octanol–water partition coefficient (Wildman–Crippen LogP) is 2.28. The van der Waals surface area contributed by atoms with Crippen molar-refractivity contribution >= 4 is 27.7 Å². The molecule has 2 atom stereocenters. The molecule has 0 saturated heterocycles. The molecule has 1 saturated carbocycles. The first kappa shape index (κ1) is 22.6. The van der Waals surface area contributed by atoms with Crippen LogP contribution in [0.4, 0.5) is 0 Å². The van der Waals surface area contributed by atoms with Crippen LogP contribution in [0.25, 0.3) is 0 Å². The fourth-order valence-electron chi connectivity index (χ4n) is 3.20. The van der Waals surface area contributed by atoms with Gasteiger partial charge in [0.15, 0.2) is 5.96 Å². The molecule has 0 aliphatic heterocycles. The lowest BCUT2D eigenvalue weighted by molar-refractivity contribution is 0.419. The Kier molecular flexibility index (Phi) is 10.8. The highest BCUT2D eigenvalue weighted by atomic mass is 32.2. The second kappa shape index (κ2) is 12.0. The lowest BCUT2D eigenvalue weighted by Crippen LogP contribution is -2.46. The number of hydrogen-bond donors (Lipinski definition) is 2. The average molecular weight is 393 g/mol. The van der Waals surface area contributed by atoms with Gasteiger partial charge in [0, 0.05) is 30.9 Å². The van der Waals surface area contributed by atoms with E-state index < -0.39 is 10.0 Å². The summed E-state index contributed by atoms with van der Waals surface area (Å²) in [7, 11) is -3.21. The lowest BCUT2D eigenvalue weighted by Gasteiger charge is -2.30. The van der Waals surface area contributed by atoms with Crippen molar-refractivity contribution < 1.29 is 8.42 Å². The number of hydrogen-bond acceptors (Lipinski definition) is 4. The summed E-state index contributed by atoms with van der Waals surface area (Å²) in [5.41, 5.74) is 0. The zero-order chi connectivity index (χ0) is 18.7. The summed E-state index contributed by atoms with van der Waals surface area (Å²) in [5.74, 6) is 1.96. The van der Waals surface area contributed by atoms with Gasteiger partial charge in [-0.25, -0.2) is 12.7 Å². The van der Waals surface area contributed by atoms with Crippen LogP contribution in [0.3, 0.4) is 0 Å². The molecule has 148 valence electrons. The molecule has 1 rings (SSSR count). The van der Waals surface area contributed by atoms with Crippen molar-refractivity contribution in [3.63, 3.8) is 0 Å². The normalized spacial score (nSPS) is 22.2. The number of thioether (sulfide) groups is 1. The minimum absolute atomic E-state index is 0.0598. The van der Waals surface area contributed by atoms with E-state index in [0.717, 1.165) is 36.3 Å². The molecule has 6 nitrogen and oxygen atoms in total. The minimum atomic E-state index is -3.21. The van der Waals surface area contributed by atoms with Crippen LogP contribution in [0.5, 0.6) is 0 Å². The van der Waals surface area contributed by atoms with Gasteiger partial charge in [0.25, 0.3) is 0 Å². The maximum absolute atomic E-state index is 12.3. The number of guanidine groups is 1. The molecule has 0 heterocycles. The van der Waals surface area contributed by atoms with Gasteiger partial charge in [-0.05, 0) is 31.9 Å². The Morgan fingerprint density at radius 3 is 2.52 bits per heavy atom. The fourth-order valence-corrected chi connectivity index (χ4v) is 5.74. The third kappa shape index (κ3) is 8.17. The Morgan fingerprint density at radius 1 is 1.20 bits per heavy atom. The second-order valence-corrected chi connectivity index (χ2v) is 9.91. The predicted molar refractivity (Wildman–Crippen MR) is 110 cm³/mol. The molecule has 8 heteroatoms. The minimum Gasteiger partial charge on any atom is -0.357 e. The van der Waals surface area contributed by atoms with E-state index in [0.29, 0.717) is 19.1 Å². The Morgan fingerprint density at radius 2 is 1.92 bits per heavy atom. The van der Waals surface area contributed by atoms with Crippen molar-refractivity contribution in [3.8, 4) is 0 Å². The highest BCUT2D eigenvalue weighted by molar-refractivity contribution is 7.99. The summed E-state index contributed by atoms with van der Waals surface area (Å²) in [6.45, 7) is 10.1. The quantitative estimate of drug-likeness (QED) is 0.441. The molecule has 0 amide bonds. The Balaban J connectivity index is 2.59. The molecular formula is C17H36N4O2S2. The van der Waals surface area contributed by atoms with Crippen LogP contribution in [0.1, 0.15) is 53.4 Å². The van der Waals surface area contributed by atoms with E-state index in [9.17, 15) is 8.42 Å². The SMILES string of the molecule is CCNC(=NCCS(=O)(=O)N(CC)CC)NC1CCCC(SCC)C1. The Labute approximate surface area is 158 Å². The van der Waals surface area contributed by atoms with Crippen LogP contribution in [0.2, 0.25) is 0 Å². The third-order valence-corrected chi connectivity index (χ3v) is 7.67. The molecule has 0 aromatic heterocycles. The summed E-state index contributed by atoms with van der Waals surface area (Å²) < 4.78 is 26.0. The van der Waals surface area contributed by atoms with Gasteiger partial charge >= 0.3 is 0 Å². The van der Waals surface area contributed by atoms with E-state index >= 15 is 0 Å². The van der Waals surface area contributed by atoms with Gasteiger partial charge in [-0.3, -0.25) is 4.99 Å². The van der Waals surface area contributed by atoms with Crippen molar-refractivity contribution in [1.82, 2.24) is 14.9 Å². The van der Waals surface area contributed by atoms with Crippen LogP contribution in [-0.4, -0.2) is 67.7 Å². The van der Waals surface area contributed by atoms with E-state index in [2.05, 4.69) is 22.5 Å². The van der Waals surface area contributed by atoms with E-state index in [1.165, 1.54) is 17.1 Å². The maximum atomic E-state index is 12.3. The second-order valence-electron chi connectivity index (χ2n) is 6.25. The summed E-state index contributed by atoms with van der Waals surface area (Å²) in [4.78, 5) is 4.50. The summed E-state index contributed by atoms with van der Waals surface area (Å²) in [6.07, 6.45) is 4.85. The topological polar surface area (TPSA) is 73.8 Å². The summed E-state index contributed by atoms with van der Waals surface area (Å²) in [5, 5.41) is 7.47. The molecule has 2 unspecified atom stereocenters. The number of sulfonamides is 1. The number of aliphatic imine (C=N–C) groups is 1. The molecule has 0 aromatic carbocycles. The number of rotatable bonds is 10. The lowest BCUT2D eigenvalue weighted by atomic mass is 9.95. The highest BCUT2D eigenvalue weighted by Gasteiger charge is 2.23. The average Bonchev–Trinajstić information content (AvgIpc) is 2.56. The third-order valence-electron chi connectivity index (χ3n) is 4.43. The van der Waals surface area contributed by atoms with E-state index in [-0.39, 0.29) is 12.3 Å². The highest BCUT2D eigenvalue weighted by Crippen LogP contribution is 2.28. The zero-order valence-corrected chi connectivity index (χ0v) is 17.9. The molecule has 25 heavy (non-hydrogen) atoms. The molecule has 1 fully saturated rings. The number of nitrogens with one attached hydrogen (secondary N) is 2. The van der Waals surface area contributed by atoms with Crippen LogP contribution in [-0.2, 0) is 10.0 Å². The molecule has 0 radical (unpaired) electrons. The zero-order valence-electron chi connectivity index (χ0n) is 16.3.